The third kappa shape index (κ3) is 3.42. The lowest BCUT2D eigenvalue weighted by molar-refractivity contribution is -0.139. The molecule has 1 heterocycles. The van der Waals surface area contributed by atoms with Crippen LogP contribution in [-0.4, -0.2) is 37.2 Å². The molecule has 0 amide bonds. The van der Waals surface area contributed by atoms with Crippen molar-refractivity contribution in [1.82, 2.24) is 0 Å². The van der Waals surface area contributed by atoms with Gasteiger partial charge in [0, 0.05) is 24.4 Å². The molecule has 4 rings (SSSR count). The van der Waals surface area contributed by atoms with Gasteiger partial charge in [0.15, 0.2) is 9.84 Å². The van der Waals surface area contributed by atoms with Crippen LogP contribution in [0, 0.1) is 5.82 Å². The Labute approximate surface area is 173 Å². The number of rotatable bonds is 5. The van der Waals surface area contributed by atoms with E-state index in [-0.39, 0.29) is 12.4 Å². The Morgan fingerprint density at radius 3 is 2.60 bits per heavy atom. The van der Waals surface area contributed by atoms with Crippen LogP contribution in [0.4, 0.5) is 10.1 Å². The number of carboxylic acid groups (broad SMARTS) is 1. The predicted molar refractivity (Wildman–Crippen MR) is 114 cm³/mol. The van der Waals surface area contributed by atoms with E-state index in [1.165, 1.54) is 12.1 Å². The third-order valence-electron chi connectivity index (χ3n) is 5.66. The Kier molecular flexibility index (Phi) is 4.99. The summed E-state index contributed by atoms with van der Waals surface area (Å²) < 4.78 is 38.3. The van der Waals surface area contributed by atoms with Gasteiger partial charge in [-0.25, -0.2) is 17.6 Å². The molecule has 3 N–H and O–H groups in total. The Balaban J connectivity index is 1.85. The lowest BCUT2D eigenvalue weighted by atomic mass is 9.94. The highest BCUT2D eigenvalue weighted by Gasteiger charge is 2.48. The predicted octanol–water partition coefficient (Wildman–Crippen LogP) is 2.87. The van der Waals surface area contributed by atoms with Gasteiger partial charge < -0.3 is 15.7 Å². The van der Waals surface area contributed by atoms with Crippen molar-refractivity contribution in [2.75, 3.05) is 11.2 Å². The summed E-state index contributed by atoms with van der Waals surface area (Å²) in [6.45, 7) is 0.168. The highest BCUT2D eigenvalue weighted by atomic mass is 32.2. The first-order valence-electron chi connectivity index (χ1n) is 9.38. The van der Waals surface area contributed by atoms with Gasteiger partial charge in [0.25, 0.3) is 0 Å². The number of para-hydroxylation sites is 1. The van der Waals surface area contributed by atoms with Gasteiger partial charge in [-0.05, 0) is 40.1 Å². The quantitative estimate of drug-likeness (QED) is 0.648. The van der Waals surface area contributed by atoms with Crippen LogP contribution in [-0.2, 0) is 21.2 Å². The van der Waals surface area contributed by atoms with Gasteiger partial charge in [0.1, 0.15) is 17.2 Å². The zero-order valence-electron chi connectivity index (χ0n) is 16.2. The molecule has 0 fully saturated rings. The Morgan fingerprint density at radius 2 is 1.90 bits per heavy atom. The van der Waals surface area contributed by atoms with E-state index in [0.717, 1.165) is 17.2 Å². The molecule has 0 spiro atoms. The van der Waals surface area contributed by atoms with Crippen molar-refractivity contribution < 1.29 is 22.7 Å². The molecule has 1 aliphatic heterocycles. The maximum atomic E-state index is 13.9. The number of nitrogens with two attached hydrogens (primary N) is 1. The number of nitrogens with zero attached hydrogens (tertiary/aromatic N) is 1. The van der Waals surface area contributed by atoms with Crippen molar-refractivity contribution in [1.29, 1.82) is 0 Å². The molecule has 1 aliphatic rings. The van der Waals surface area contributed by atoms with Crippen molar-refractivity contribution in [2.24, 2.45) is 5.73 Å². The van der Waals surface area contributed by atoms with Crippen LogP contribution in [0.1, 0.15) is 17.0 Å². The van der Waals surface area contributed by atoms with Crippen LogP contribution < -0.4 is 10.6 Å². The molecule has 0 aliphatic carbocycles. The smallest absolute Gasteiger partial charge is 0.327 e. The SMILES string of the molecule is CS(=O)(=O)C(N)C1c2ccccc2N(Cc2cccc3ccc(F)cc23)C1C(=O)O. The molecule has 3 aromatic carbocycles. The molecule has 0 aromatic heterocycles. The zero-order valence-corrected chi connectivity index (χ0v) is 17.0. The number of sulfone groups is 1. The number of aliphatic carboxylic acids is 1. The van der Waals surface area contributed by atoms with E-state index in [9.17, 15) is 22.7 Å². The topological polar surface area (TPSA) is 101 Å². The summed E-state index contributed by atoms with van der Waals surface area (Å²) in [4.78, 5) is 13.9. The molecule has 3 atom stereocenters. The molecule has 3 unspecified atom stereocenters. The molecular formula is C22H21FN2O4S. The van der Waals surface area contributed by atoms with Crippen LogP contribution >= 0.6 is 0 Å². The molecule has 8 heteroatoms. The molecule has 3 aromatic rings. The van der Waals surface area contributed by atoms with Crippen LogP contribution in [0.3, 0.4) is 0 Å². The molecule has 156 valence electrons. The van der Waals surface area contributed by atoms with Gasteiger partial charge in [0.2, 0.25) is 0 Å². The first-order chi connectivity index (χ1) is 14.2. The van der Waals surface area contributed by atoms with Crippen molar-refractivity contribution in [3.8, 4) is 0 Å². The van der Waals surface area contributed by atoms with E-state index in [2.05, 4.69) is 0 Å². The lowest BCUT2D eigenvalue weighted by Gasteiger charge is -2.29. The Hall–Kier alpha value is -2.97. The van der Waals surface area contributed by atoms with Crippen LogP contribution in [0.15, 0.2) is 60.7 Å². The number of hydrogen-bond acceptors (Lipinski definition) is 5. The number of fused-ring (bicyclic) bond motifs is 2. The van der Waals surface area contributed by atoms with E-state index in [4.69, 9.17) is 5.73 Å². The normalized spacial score (nSPS) is 19.6. The largest absolute Gasteiger partial charge is 0.480 e. The van der Waals surface area contributed by atoms with Gasteiger partial charge in [-0.1, -0.05) is 42.5 Å². The number of anilines is 1. The number of hydrogen-bond donors (Lipinski definition) is 2. The minimum atomic E-state index is -3.69. The number of halogens is 1. The fourth-order valence-corrected chi connectivity index (χ4v) is 5.10. The fourth-order valence-electron chi connectivity index (χ4n) is 4.27. The van der Waals surface area contributed by atoms with Crippen LogP contribution in [0.2, 0.25) is 0 Å². The molecule has 30 heavy (non-hydrogen) atoms. The summed E-state index contributed by atoms with van der Waals surface area (Å²) in [5, 5.41) is 10.2. The van der Waals surface area contributed by atoms with Crippen LogP contribution in [0.5, 0.6) is 0 Å². The molecule has 6 nitrogen and oxygen atoms in total. The van der Waals surface area contributed by atoms with Crippen LogP contribution in [0.25, 0.3) is 10.8 Å². The molecule has 0 bridgehead atoms. The van der Waals surface area contributed by atoms with Gasteiger partial charge in [-0.3, -0.25) is 0 Å². The standard InChI is InChI=1S/C22H21FN2O4S/c1-30(28,29)21(24)19-16-7-2-3-8-18(16)25(20(19)22(26)27)12-14-6-4-5-13-9-10-15(23)11-17(13)14/h2-11,19-21H,12,24H2,1H3,(H,26,27). The Morgan fingerprint density at radius 1 is 1.17 bits per heavy atom. The number of carbonyl (C=O) groups is 1. The summed E-state index contributed by atoms with van der Waals surface area (Å²) in [5.74, 6) is -2.48. The van der Waals surface area contributed by atoms with Gasteiger partial charge in [-0.15, -0.1) is 0 Å². The first kappa shape index (κ1) is 20.3. The second-order valence-corrected chi connectivity index (χ2v) is 9.78. The minimum absolute atomic E-state index is 0.168. The van der Waals surface area contributed by atoms with Crippen molar-refractivity contribution >= 4 is 32.3 Å². The van der Waals surface area contributed by atoms with Crippen molar-refractivity contribution in [3.05, 3.63) is 77.6 Å². The second-order valence-electron chi connectivity index (χ2n) is 7.57. The van der Waals surface area contributed by atoms with E-state index < -0.39 is 33.1 Å². The Bertz CT molecular complexity index is 1240. The fraction of sp³-hybridized carbons (Fsp3) is 0.227. The third-order valence-corrected chi connectivity index (χ3v) is 6.94. The molecule has 0 saturated carbocycles. The molecule has 0 saturated heterocycles. The zero-order chi connectivity index (χ0) is 21.6. The van der Waals surface area contributed by atoms with Crippen molar-refractivity contribution in [2.45, 2.75) is 23.9 Å². The maximum Gasteiger partial charge on any atom is 0.327 e. The highest BCUT2D eigenvalue weighted by Crippen LogP contribution is 2.44. The number of benzene rings is 3. The van der Waals surface area contributed by atoms with Crippen molar-refractivity contribution in [3.63, 3.8) is 0 Å². The van der Waals surface area contributed by atoms with E-state index in [1.807, 2.05) is 18.2 Å². The van der Waals surface area contributed by atoms with E-state index >= 15 is 0 Å². The summed E-state index contributed by atoms with van der Waals surface area (Å²) in [5.41, 5.74) is 7.97. The molecule has 0 radical (unpaired) electrons. The average molecular weight is 428 g/mol. The second kappa shape index (κ2) is 7.37. The number of carboxylic acids is 1. The average Bonchev–Trinajstić information content (AvgIpc) is 3.01. The highest BCUT2D eigenvalue weighted by molar-refractivity contribution is 7.91. The summed E-state index contributed by atoms with van der Waals surface area (Å²) in [7, 11) is -3.69. The van der Waals surface area contributed by atoms with Gasteiger partial charge in [0.05, 0.1) is 0 Å². The molecular weight excluding hydrogens is 407 g/mol. The minimum Gasteiger partial charge on any atom is -0.480 e. The monoisotopic (exact) mass is 428 g/mol. The first-order valence-corrected chi connectivity index (χ1v) is 11.3. The van der Waals surface area contributed by atoms with Gasteiger partial charge >= 0.3 is 5.97 Å². The van der Waals surface area contributed by atoms with Gasteiger partial charge in [-0.2, -0.15) is 0 Å². The van der Waals surface area contributed by atoms with E-state index in [1.54, 1.807) is 35.2 Å². The summed E-state index contributed by atoms with van der Waals surface area (Å²) >= 11 is 0. The summed E-state index contributed by atoms with van der Waals surface area (Å²) in [6.07, 6.45) is 1.01. The van der Waals surface area contributed by atoms with E-state index in [0.29, 0.717) is 16.6 Å². The maximum absolute atomic E-state index is 13.9. The lowest BCUT2D eigenvalue weighted by Crippen LogP contribution is -2.48. The summed E-state index contributed by atoms with van der Waals surface area (Å²) in [6, 6.07) is 15.8.